The molecule has 144 valence electrons. The van der Waals surface area contributed by atoms with E-state index >= 15 is 0 Å². The smallest absolute Gasteiger partial charge is 0.275 e. The Bertz CT molecular complexity index is 943. The third kappa shape index (κ3) is 5.23. The molecule has 0 amide bonds. The Labute approximate surface area is 164 Å². The van der Waals surface area contributed by atoms with Crippen LogP contribution in [0.3, 0.4) is 0 Å². The minimum Gasteiger partial charge on any atom is -0.293 e. The van der Waals surface area contributed by atoms with Crippen molar-refractivity contribution < 1.29 is 0 Å². The summed E-state index contributed by atoms with van der Waals surface area (Å²) in [7, 11) is 0. The van der Waals surface area contributed by atoms with Gasteiger partial charge in [-0.25, -0.2) is 4.98 Å². The molecule has 0 saturated carbocycles. The fourth-order valence-corrected chi connectivity index (χ4v) is 4.19. The van der Waals surface area contributed by atoms with Crippen molar-refractivity contribution in [1.82, 2.24) is 19.5 Å². The number of nitrogens with zero attached hydrogens (tertiary/aromatic N) is 4. The summed E-state index contributed by atoms with van der Waals surface area (Å²) in [6, 6.07) is 10.3. The Balaban J connectivity index is 1.83. The van der Waals surface area contributed by atoms with Crippen molar-refractivity contribution >= 4 is 16.3 Å². The average Bonchev–Trinajstić information content (AvgIpc) is 3.00. The van der Waals surface area contributed by atoms with E-state index in [-0.39, 0.29) is 5.56 Å². The van der Waals surface area contributed by atoms with Crippen LogP contribution in [0.25, 0.3) is 4.96 Å². The zero-order chi connectivity index (χ0) is 19.4. The van der Waals surface area contributed by atoms with Gasteiger partial charge in [-0.1, -0.05) is 61.9 Å². The third-order valence-electron chi connectivity index (χ3n) is 4.34. The van der Waals surface area contributed by atoms with Gasteiger partial charge in [0.05, 0.1) is 5.69 Å². The van der Waals surface area contributed by atoms with E-state index in [0.29, 0.717) is 17.4 Å². The Hall–Kier alpha value is -2.05. The number of rotatable bonds is 8. The maximum Gasteiger partial charge on any atom is 0.275 e. The lowest BCUT2D eigenvalue weighted by atomic mass is 10.1. The first-order valence-corrected chi connectivity index (χ1v) is 10.4. The van der Waals surface area contributed by atoms with Crippen molar-refractivity contribution in [2.24, 2.45) is 5.92 Å². The zero-order valence-corrected chi connectivity index (χ0v) is 17.4. The molecule has 3 rings (SSSR count). The summed E-state index contributed by atoms with van der Waals surface area (Å²) in [5.74, 6) is 0.542. The average molecular weight is 385 g/mol. The van der Waals surface area contributed by atoms with Crippen molar-refractivity contribution in [2.75, 3.05) is 6.54 Å². The van der Waals surface area contributed by atoms with Gasteiger partial charge in [0, 0.05) is 32.1 Å². The molecule has 2 aromatic heterocycles. The van der Waals surface area contributed by atoms with Crippen LogP contribution in [0.15, 0.2) is 35.1 Å². The lowest BCUT2D eigenvalue weighted by Crippen LogP contribution is -2.28. The van der Waals surface area contributed by atoms with E-state index in [1.807, 2.05) is 0 Å². The predicted molar refractivity (Wildman–Crippen MR) is 111 cm³/mol. The highest BCUT2D eigenvalue weighted by Crippen LogP contribution is 2.15. The van der Waals surface area contributed by atoms with Gasteiger partial charge in [-0.2, -0.15) is 9.61 Å². The van der Waals surface area contributed by atoms with Gasteiger partial charge in [0.15, 0.2) is 0 Å². The van der Waals surface area contributed by atoms with Crippen LogP contribution >= 0.6 is 11.3 Å². The predicted octanol–water partition coefficient (Wildman–Crippen LogP) is 4.07. The molecule has 0 aliphatic heterocycles. The Morgan fingerprint density at radius 2 is 1.93 bits per heavy atom. The molecule has 0 N–H and O–H groups in total. The van der Waals surface area contributed by atoms with Crippen LogP contribution in [-0.2, 0) is 19.5 Å². The lowest BCUT2D eigenvalue weighted by molar-refractivity contribution is 0.225. The number of fused-ring (bicyclic) bond motifs is 1. The van der Waals surface area contributed by atoms with E-state index in [4.69, 9.17) is 4.98 Å². The third-order valence-corrected chi connectivity index (χ3v) is 5.31. The monoisotopic (exact) mass is 384 g/mol. The van der Waals surface area contributed by atoms with E-state index in [9.17, 15) is 4.79 Å². The minimum atomic E-state index is -0.0894. The van der Waals surface area contributed by atoms with Gasteiger partial charge in [-0.3, -0.25) is 9.69 Å². The molecule has 0 unspecified atom stereocenters. The molecule has 0 fully saturated rings. The molecule has 6 heteroatoms. The highest BCUT2D eigenvalue weighted by atomic mass is 32.1. The molecule has 5 nitrogen and oxygen atoms in total. The Morgan fingerprint density at radius 3 is 2.59 bits per heavy atom. The quantitative estimate of drug-likeness (QED) is 0.587. The number of aryl methyl sites for hydroxylation is 2. The first-order chi connectivity index (χ1) is 12.9. The molecule has 27 heavy (non-hydrogen) atoms. The molecule has 3 aromatic rings. The standard InChI is InChI=1S/C21H28N4OS/c1-5-6-19-23-25-20(26)11-18(22-21(25)27-19)14-24(12-15(2)3)13-17-9-7-16(4)8-10-17/h7-11,15H,5-6,12-14H2,1-4H3. The molecular formula is C21H28N4OS. The Kier molecular flexibility index (Phi) is 6.39. The normalized spacial score (nSPS) is 11.8. The highest BCUT2D eigenvalue weighted by Gasteiger charge is 2.13. The van der Waals surface area contributed by atoms with Crippen LogP contribution in [0.1, 0.15) is 49.0 Å². The molecule has 0 atom stereocenters. The number of aromatic nitrogens is 3. The second kappa shape index (κ2) is 8.76. The first-order valence-electron chi connectivity index (χ1n) is 9.61. The molecule has 0 spiro atoms. The fraction of sp³-hybridized carbons (Fsp3) is 0.476. The summed E-state index contributed by atoms with van der Waals surface area (Å²) >= 11 is 1.52. The van der Waals surface area contributed by atoms with Crippen LogP contribution in [-0.4, -0.2) is 26.0 Å². The zero-order valence-electron chi connectivity index (χ0n) is 16.6. The van der Waals surface area contributed by atoms with Crippen LogP contribution < -0.4 is 5.56 Å². The molecule has 2 heterocycles. The van der Waals surface area contributed by atoms with Gasteiger partial charge >= 0.3 is 0 Å². The van der Waals surface area contributed by atoms with Gasteiger partial charge < -0.3 is 0 Å². The summed E-state index contributed by atoms with van der Waals surface area (Å²) in [4.78, 5) is 20.2. The molecule has 0 saturated heterocycles. The number of hydrogen-bond acceptors (Lipinski definition) is 5. The Morgan fingerprint density at radius 1 is 1.19 bits per heavy atom. The number of hydrogen-bond donors (Lipinski definition) is 0. The maximum absolute atomic E-state index is 12.5. The summed E-state index contributed by atoms with van der Waals surface area (Å²) in [6.45, 7) is 11.1. The van der Waals surface area contributed by atoms with Gasteiger partial charge in [0.2, 0.25) is 4.96 Å². The molecule has 0 bridgehead atoms. The van der Waals surface area contributed by atoms with Crippen molar-refractivity contribution in [1.29, 1.82) is 0 Å². The second-order valence-electron chi connectivity index (χ2n) is 7.57. The number of benzene rings is 1. The van der Waals surface area contributed by atoms with E-state index in [1.165, 1.54) is 27.0 Å². The molecule has 0 radical (unpaired) electrons. The molecule has 0 aliphatic rings. The van der Waals surface area contributed by atoms with E-state index < -0.39 is 0 Å². The van der Waals surface area contributed by atoms with Crippen molar-refractivity contribution in [3.8, 4) is 0 Å². The van der Waals surface area contributed by atoms with Crippen LogP contribution in [0.5, 0.6) is 0 Å². The van der Waals surface area contributed by atoms with Crippen LogP contribution in [0.2, 0.25) is 0 Å². The van der Waals surface area contributed by atoms with Gasteiger partial charge in [0.25, 0.3) is 5.56 Å². The summed E-state index contributed by atoms with van der Waals surface area (Å²) < 4.78 is 1.44. The van der Waals surface area contributed by atoms with Crippen molar-refractivity contribution in [3.63, 3.8) is 0 Å². The summed E-state index contributed by atoms with van der Waals surface area (Å²) in [5, 5.41) is 5.36. The SMILES string of the molecule is CCCc1nn2c(=O)cc(CN(Cc3ccc(C)cc3)CC(C)C)nc2s1. The topological polar surface area (TPSA) is 50.5 Å². The molecule has 0 aliphatic carbocycles. The molecule has 1 aromatic carbocycles. The second-order valence-corrected chi connectivity index (χ2v) is 8.62. The van der Waals surface area contributed by atoms with E-state index in [0.717, 1.165) is 36.6 Å². The van der Waals surface area contributed by atoms with Crippen molar-refractivity contribution in [3.05, 3.63) is 62.5 Å². The summed E-state index contributed by atoms with van der Waals surface area (Å²) in [6.07, 6.45) is 1.90. The lowest BCUT2D eigenvalue weighted by Gasteiger charge is -2.24. The summed E-state index contributed by atoms with van der Waals surface area (Å²) in [5.41, 5.74) is 3.28. The van der Waals surface area contributed by atoms with E-state index in [2.05, 4.69) is 62.0 Å². The fourth-order valence-electron chi connectivity index (χ4n) is 3.17. The van der Waals surface area contributed by atoms with Crippen LogP contribution in [0.4, 0.5) is 0 Å². The van der Waals surface area contributed by atoms with Gasteiger partial charge in [-0.15, -0.1) is 0 Å². The molecular weight excluding hydrogens is 356 g/mol. The largest absolute Gasteiger partial charge is 0.293 e. The van der Waals surface area contributed by atoms with Gasteiger partial charge in [0.1, 0.15) is 5.01 Å². The maximum atomic E-state index is 12.5. The highest BCUT2D eigenvalue weighted by molar-refractivity contribution is 7.16. The van der Waals surface area contributed by atoms with E-state index in [1.54, 1.807) is 6.07 Å². The minimum absolute atomic E-state index is 0.0894. The first kappa shape index (κ1) is 19.7. The van der Waals surface area contributed by atoms with Crippen molar-refractivity contribution in [2.45, 2.75) is 53.6 Å². The van der Waals surface area contributed by atoms with Gasteiger partial charge in [-0.05, 0) is 24.8 Å². The van der Waals surface area contributed by atoms with Crippen LogP contribution in [0, 0.1) is 12.8 Å².